The van der Waals surface area contributed by atoms with E-state index in [0.717, 1.165) is 4.90 Å². The molecule has 7 nitrogen and oxygen atoms in total. The van der Waals surface area contributed by atoms with Gasteiger partial charge >= 0.3 is 5.97 Å². The molecule has 1 atom stereocenters. The Morgan fingerprint density at radius 3 is 2.96 bits per heavy atom. The van der Waals surface area contributed by atoms with E-state index in [1.165, 1.54) is 30.0 Å². The second-order valence-corrected chi connectivity index (χ2v) is 7.60. The molecule has 9 heteroatoms. The van der Waals surface area contributed by atoms with Gasteiger partial charge in [-0.05, 0) is 25.1 Å². The molecule has 2 amide bonds. The van der Waals surface area contributed by atoms with Crippen molar-refractivity contribution in [3.8, 4) is 0 Å². The Bertz CT molecular complexity index is 850. The summed E-state index contributed by atoms with van der Waals surface area (Å²) >= 11 is 2.71. The van der Waals surface area contributed by atoms with Crippen LogP contribution < -0.4 is 10.6 Å². The van der Waals surface area contributed by atoms with E-state index >= 15 is 0 Å². The fraction of sp³-hybridized carbons (Fsp3) is 0.250. The van der Waals surface area contributed by atoms with E-state index in [4.69, 9.17) is 4.74 Å². The maximum Gasteiger partial charge on any atom is 0.338 e. The number of ether oxygens (including phenoxy) is 1. The molecule has 3 rings (SSSR count). The number of nitrogens with one attached hydrogen (secondary N) is 2. The highest BCUT2D eigenvalue weighted by atomic mass is 32.2. The number of esters is 1. The third-order valence-corrected chi connectivity index (χ3v) is 5.32. The highest BCUT2D eigenvalue weighted by molar-refractivity contribution is 8.00. The van der Waals surface area contributed by atoms with Crippen LogP contribution in [0, 0.1) is 0 Å². The van der Waals surface area contributed by atoms with Gasteiger partial charge in [0.2, 0.25) is 11.8 Å². The number of hydrogen-bond acceptors (Lipinski definition) is 7. The van der Waals surface area contributed by atoms with Crippen LogP contribution in [0.2, 0.25) is 0 Å². The molecule has 0 spiro atoms. The summed E-state index contributed by atoms with van der Waals surface area (Å²) < 4.78 is 5.24. The molecular weight excluding hydrogens is 362 g/mol. The molecule has 0 saturated heterocycles. The first-order chi connectivity index (χ1) is 11.9. The summed E-state index contributed by atoms with van der Waals surface area (Å²) in [5.41, 5.74) is 1.52. The van der Waals surface area contributed by atoms with Crippen molar-refractivity contribution in [3.05, 3.63) is 34.8 Å². The first-order valence-electron chi connectivity index (χ1n) is 7.43. The largest absolute Gasteiger partial charge is 0.456 e. The molecule has 1 aromatic heterocycles. The first-order valence-corrected chi connectivity index (χ1v) is 9.19. The van der Waals surface area contributed by atoms with E-state index in [1.54, 1.807) is 23.6 Å². The fourth-order valence-corrected chi connectivity index (χ4v) is 3.81. The zero-order valence-electron chi connectivity index (χ0n) is 13.5. The van der Waals surface area contributed by atoms with Crippen molar-refractivity contribution in [3.63, 3.8) is 0 Å². The van der Waals surface area contributed by atoms with Gasteiger partial charge in [0.1, 0.15) is 6.61 Å². The zero-order chi connectivity index (χ0) is 18.0. The minimum atomic E-state index is -0.505. The normalized spacial score (nSPS) is 15.9. The quantitative estimate of drug-likeness (QED) is 0.795. The third kappa shape index (κ3) is 4.18. The fourth-order valence-electron chi connectivity index (χ4n) is 2.14. The lowest BCUT2D eigenvalue weighted by Gasteiger charge is -2.21. The highest BCUT2D eigenvalue weighted by Gasteiger charge is 2.24. The Labute approximate surface area is 152 Å². The SMILES string of the molecule is CC(=O)Nc1nc(COC(=O)c2ccc3c(c2)NC(=O)C(C)S3)cs1. The number of anilines is 2. The molecule has 1 aliphatic rings. The van der Waals surface area contributed by atoms with Crippen LogP contribution in [0.5, 0.6) is 0 Å². The Kier molecular flexibility index (Phi) is 5.05. The number of hydrogen-bond donors (Lipinski definition) is 2. The summed E-state index contributed by atoms with van der Waals surface area (Å²) in [6, 6.07) is 5.07. The molecule has 1 aliphatic heterocycles. The molecule has 0 radical (unpaired) electrons. The minimum absolute atomic E-state index is 0.00411. The molecule has 2 aromatic rings. The average Bonchev–Trinajstić information content (AvgIpc) is 3.00. The lowest BCUT2D eigenvalue weighted by Crippen LogP contribution is -2.26. The van der Waals surface area contributed by atoms with Crippen LogP contribution >= 0.6 is 23.1 Å². The van der Waals surface area contributed by atoms with Crippen molar-refractivity contribution in [2.45, 2.75) is 30.6 Å². The van der Waals surface area contributed by atoms with Crippen molar-refractivity contribution in [2.75, 3.05) is 10.6 Å². The number of carbonyl (C=O) groups is 3. The standard InChI is InChI=1S/C16H15N3O4S2/c1-8-14(21)19-12-5-10(3-4-13(12)25-8)15(22)23-6-11-7-24-16(18-11)17-9(2)20/h3-5,7-8H,6H2,1-2H3,(H,19,21)(H,17,18,20). The van der Waals surface area contributed by atoms with E-state index in [1.807, 2.05) is 6.92 Å². The summed E-state index contributed by atoms with van der Waals surface area (Å²) in [5, 5.41) is 7.37. The average molecular weight is 377 g/mol. The molecule has 0 bridgehead atoms. The van der Waals surface area contributed by atoms with Gasteiger partial charge in [-0.15, -0.1) is 23.1 Å². The van der Waals surface area contributed by atoms with E-state index in [-0.39, 0.29) is 23.7 Å². The van der Waals surface area contributed by atoms with Gasteiger partial charge in [-0.25, -0.2) is 9.78 Å². The molecule has 0 fully saturated rings. The molecule has 2 heterocycles. The summed E-state index contributed by atoms with van der Waals surface area (Å²) in [6.07, 6.45) is 0. The molecule has 1 aromatic carbocycles. The van der Waals surface area contributed by atoms with Gasteiger partial charge in [0.15, 0.2) is 5.13 Å². The number of fused-ring (bicyclic) bond motifs is 1. The molecule has 1 unspecified atom stereocenters. The second kappa shape index (κ2) is 7.24. The van der Waals surface area contributed by atoms with Crippen molar-refractivity contribution >= 4 is 51.7 Å². The van der Waals surface area contributed by atoms with E-state index in [0.29, 0.717) is 22.1 Å². The predicted molar refractivity (Wildman–Crippen MR) is 95.9 cm³/mol. The number of carbonyl (C=O) groups excluding carboxylic acids is 3. The number of aromatic nitrogens is 1. The summed E-state index contributed by atoms with van der Waals surface area (Å²) in [4.78, 5) is 40.0. The number of amides is 2. The zero-order valence-corrected chi connectivity index (χ0v) is 15.1. The topological polar surface area (TPSA) is 97.4 Å². The van der Waals surface area contributed by atoms with Crippen LogP contribution in [0.25, 0.3) is 0 Å². The van der Waals surface area contributed by atoms with E-state index in [9.17, 15) is 14.4 Å². The lowest BCUT2D eigenvalue weighted by atomic mass is 10.2. The van der Waals surface area contributed by atoms with Crippen LogP contribution in [0.1, 0.15) is 29.9 Å². The van der Waals surface area contributed by atoms with Crippen LogP contribution in [0.4, 0.5) is 10.8 Å². The molecule has 25 heavy (non-hydrogen) atoms. The highest BCUT2D eigenvalue weighted by Crippen LogP contribution is 2.36. The molecule has 130 valence electrons. The lowest BCUT2D eigenvalue weighted by molar-refractivity contribution is -0.115. The summed E-state index contributed by atoms with van der Waals surface area (Å²) in [7, 11) is 0. The Balaban J connectivity index is 1.64. The van der Waals surface area contributed by atoms with Crippen LogP contribution in [0.3, 0.4) is 0 Å². The summed E-state index contributed by atoms with van der Waals surface area (Å²) in [6.45, 7) is 3.23. The Hall–Kier alpha value is -2.39. The number of thioether (sulfide) groups is 1. The molecular formula is C16H15N3O4S2. The first kappa shape index (κ1) is 17.4. The monoisotopic (exact) mass is 377 g/mol. The maximum atomic E-state index is 12.2. The number of benzene rings is 1. The molecule has 2 N–H and O–H groups in total. The van der Waals surface area contributed by atoms with Crippen LogP contribution in [0.15, 0.2) is 28.5 Å². The van der Waals surface area contributed by atoms with Gasteiger partial charge in [-0.1, -0.05) is 0 Å². The molecule has 0 saturated carbocycles. The number of rotatable bonds is 4. The van der Waals surface area contributed by atoms with Gasteiger partial charge in [-0.2, -0.15) is 0 Å². The van der Waals surface area contributed by atoms with Gasteiger partial charge in [0.25, 0.3) is 0 Å². The maximum absolute atomic E-state index is 12.2. The smallest absolute Gasteiger partial charge is 0.338 e. The Morgan fingerprint density at radius 2 is 2.20 bits per heavy atom. The van der Waals surface area contributed by atoms with Gasteiger partial charge in [0.05, 0.1) is 22.2 Å². The third-order valence-electron chi connectivity index (χ3n) is 3.33. The van der Waals surface area contributed by atoms with Crippen LogP contribution in [-0.2, 0) is 20.9 Å². The van der Waals surface area contributed by atoms with Gasteiger partial charge < -0.3 is 15.4 Å². The number of nitrogens with zero attached hydrogens (tertiary/aromatic N) is 1. The summed E-state index contributed by atoms with van der Waals surface area (Å²) in [5.74, 6) is -0.799. The van der Waals surface area contributed by atoms with Crippen molar-refractivity contribution in [2.24, 2.45) is 0 Å². The van der Waals surface area contributed by atoms with Gasteiger partial charge in [0, 0.05) is 17.2 Å². The van der Waals surface area contributed by atoms with Gasteiger partial charge in [-0.3, -0.25) is 9.59 Å². The minimum Gasteiger partial charge on any atom is -0.456 e. The van der Waals surface area contributed by atoms with E-state index in [2.05, 4.69) is 15.6 Å². The predicted octanol–water partition coefficient (Wildman–Crippen LogP) is 2.89. The number of thiazole rings is 1. The second-order valence-electron chi connectivity index (χ2n) is 5.36. The van der Waals surface area contributed by atoms with Crippen molar-refractivity contribution in [1.29, 1.82) is 0 Å². The van der Waals surface area contributed by atoms with E-state index < -0.39 is 5.97 Å². The van der Waals surface area contributed by atoms with Crippen molar-refractivity contribution < 1.29 is 19.1 Å². The van der Waals surface area contributed by atoms with Crippen LogP contribution in [-0.4, -0.2) is 28.0 Å². The Morgan fingerprint density at radius 1 is 1.40 bits per heavy atom. The molecule has 0 aliphatic carbocycles. The van der Waals surface area contributed by atoms with Crippen molar-refractivity contribution in [1.82, 2.24) is 4.98 Å².